The first-order valence-corrected chi connectivity index (χ1v) is 0.986. The van der Waals surface area contributed by atoms with Gasteiger partial charge in [0.15, 0.2) is 0 Å². The van der Waals surface area contributed by atoms with E-state index in [1.807, 2.05) is 0 Å². The van der Waals surface area contributed by atoms with Crippen LogP contribution in [0.4, 0.5) is 0 Å². The van der Waals surface area contributed by atoms with E-state index in [1.54, 1.807) is 11.2 Å². The van der Waals surface area contributed by atoms with E-state index in [1.165, 1.54) is 0 Å². The van der Waals surface area contributed by atoms with Crippen molar-refractivity contribution in [1.29, 1.82) is 0 Å². The average molecular weight is 78.1 g/mol. The molecular weight excluding hydrogens is 72.0 g/mol. The topological polar surface area (TPSA) is 85.3 Å². The molecule has 0 spiro atoms. The van der Waals surface area contributed by atoms with Crippen LogP contribution >= 0.6 is 0 Å². The van der Waals surface area contributed by atoms with Crippen LogP contribution in [-0.4, -0.2) is 0 Å². The number of nitrogens with one attached hydrogen (secondary N) is 2. The van der Waals surface area contributed by atoms with Crippen molar-refractivity contribution in [3.05, 3.63) is 0 Å². The molecule has 0 aliphatic heterocycles. The van der Waals surface area contributed by atoms with Crippen LogP contribution in [0.2, 0.25) is 0 Å². The third-order valence-corrected chi connectivity index (χ3v) is 0.118. The fraction of sp³-hybridized carbons (Fsp3) is 0. The number of hydrazine groups is 2. The van der Waals surface area contributed by atoms with Crippen LogP contribution in [-0.2, 0) is 4.94 Å². The van der Waals surface area contributed by atoms with E-state index < -0.39 is 0 Å². The molecule has 0 aromatic heterocycles. The maximum atomic E-state index is 4.52. The van der Waals surface area contributed by atoms with E-state index >= 15 is 0 Å². The quantitative estimate of drug-likeness (QED) is 0.222. The maximum Gasteiger partial charge on any atom is -0.118 e. The van der Waals surface area contributed by atoms with Crippen LogP contribution in [0.5, 0.6) is 0 Å². The molecule has 0 saturated carbocycles. The smallest absolute Gasteiger partial charge is 0.118 e. The molecule has 0 aromatic rings. The molecule has 5 nitrogen and oxygen atoms in total. The Labute approximate surface area is 29.1 Å². The van der Waals surface area contributed by atoms with Gasteiger partial charge in [-0.1, -0.05) is 0 Å². The van der Waals surface area contributed by atoms with Crippen LogP contribution < -0.4 is 22.9 Å². The Hall–Kier alpha value is -0.200. The third kappa shape index (κ3) is 3.80. The van der Waals surface area contributed by atoms with Gasteiger partial charge < -0.3 is 0 Å². The van der Waals surface area contributed by atoms with Gasteiger partial charge in [0, 0.05) is 0 Å². The second-order valence-corrected chi connectivity index (χ2v) is 0.338. The molecule has 0 atom stereocenters. The molecule has 0 bridgehead atoms. The van der Waals surface area contributed by atoms with Gasteiger partial charge in [0.25, 0.3) is 0 Å². The molecule has 0 aliphatic carbocycles. The Morgan fingerprint density at radius 2 is 1.60 bits per heavy atom. The predicted octanol–water partition coefficient (Wildman–Crippen LogP) is -2.24. The van der Waals surface area contributed by atoms with Gasteiger partial charge in [0.2, 0.25) is 0 Å². The SMILES string of the molecule is NNONN. The van der Waals surface area contributed by atoms with Crippen molar-refractivity contribution < 1.29 is 4.94 Å². The monoisotopic (exact) mass is 78.1 g/mol. The summed E-state index contributed by atoms with van der Waals surface area (Å²) in [5, 5.41) is 0. The molecule has 0 saturated heterocycles. The van der Waals surface area contributed by atoms with Crippen molar-refractivity contribution in [1.82, 2.24) is 11.2 Å². The summed E-state index contributed by atoms with van der Waals surface area (Å²) in [6.07, 6.45) is 0. The highest BCUT2D eigenvalue weighted by Gasteiger charge is 1.57. The molecule has 0 amide bonds. The van der Waals surface area contributed by atoms with E-state index in [9.17, 15) is 0 Å². The highest BCUT2D eigenvalue weighted by Crippen LogP contribution is 1.25. The lowest BCUT2D eigenvalue weighted by Gasteiger charge is -1.89. The molecule has 6 N–H and O–H groups in total. The van der Waals surface area contributed by atoms with Gasteiger partial charge in [-0.15, -0.1) is 11.2 Å². The molecule has 32 valence electrons. The molecule has 5 heteroatoms. The van der Waals surface area contributed by atoms with Crippen molar-refractivity contribution in [2.75, 3.05) is 0 Å². The lowest BCUT2D eigenvalue weighted by Crippen LogP contribution is -2.34. The van der Waals surface area contributed by atoms with Gasteiger partial charge >= 0.3 is 0 Å². The number of rotatable bonds is 2. The highest BCUT2D eigenvalue weighted by molar-refractivity contribution is 3.66. The summed E-state index contributed by atoms with van der Waals surface area (Å²) in [5.74, 6) is 9.05. The summed E-state index contributed by atoms with van der Waals surface area (Å²) in [6, 6.07) is 0. The Kier molecular flexibility index (Phi) is 3.65. The van der Waals surface area contributed by atoms with E-state index in [4.69, 9.17) is 0 Å². The summed E-state index contributed by atoms with van der Waals surface area (Å²) < 4.78 is 0. The van der Waals surface area contributed by atoms with E-state index in [0.717, 1.165) is 0 Å². The van der Waals surface area contributed by atoms with Crippen LogP contribution in [0.25, 0.3) is 0 Å². The Balaban J connectivity index is 2.19. The van der Waals surface area contributed by atoms with Crippen LogP contribution in [0, 0.1) is 0 Å². The molecule has 0 rings (SSSR count). The Morgan fingerprint density at radius 3 is 1.60 bits per heavy atom. The lowest BCUT2D eigenvalue weighted by atomic mass is 12.7. The van der Waals surface area contributed by atoms with Gasteiger partial charge in [0.05, 0.1) is 0 Å². The first-order chi connectivity index (χ1) is 2.41. The normalized spacial score (nSPS) is 8.40. The molecule has 0 aromatic carbocycles. The minimum atomic E-state index is 1.78. The first-order valence-electron chi connectivity index (χ1n) is 0.986. The number of hydrogen-bond acceptors (Lipinski definition) is 5. The van der Waals surface area contributed by atoms with Gasteiger partial charge in [0.1, 0.15) is 0 Å². The van der Waals surface area contributed by atoms with Crippen molar-refractivity contribution in [3.8, 4) is 0 Å². The molecule has 5 heavy (non-hydrogen) atoms. The fourth-order valence-electron chi connectivity index (χ4n) is 0.0340. The van der Waals surface area contributed by atoms with Crippen LogP contribution in [0.1, 0.15) is 0 Å². The van der Waals surface area contributed by atoms with Crippen molar-refractivity contribution >= 4 is 0 Å². The summed E-state index contributed by atoms with van der Waals surface area (Å²) in [7, 11) is 0. The Bertz CT molecular complexity index is 11.1. The fourth-order valence-corrected chi connectivity index (χ4v) is 0.0340. The second-order valence-electron chi connectivity index (χ2n) is 0.338. The average Bonchev–Trinajstić information content (AvgIpc) is 1.41. The number of nitrogens with two attached hydrogens (primary N) is 2. The van der Waals surface area contributed by atoms with E-state index in [2.05, 4.69) is 16.6 Å². The van der Waals surface area contributed by atoms with Gasteiger partial charge in [-0.3, -0.25) is 0 Å². The predicted molar refractivity (Wildman–Crippen MR) is 15.7 cm³/mol. The summed E-state index contributed by atoms with van der Waals surface area (Å²) in [5.41, 5.74) is 3.56. The second kappa shape index (κ2) is 3.80. The molecule has 0 unspecified atom stereocenters. The third-order valence-electron chi connectivity index (χ3n) is 0.118. The molecule has 0 aliphatic rings. The minimum absolute atomic E-state index is 1.78. The minimum Gasteiger partial charge on any atom is -0.246 e. The summed E-state index contributed by atoms with van der Waals surface area (Å²) in [4.78, 5) is 3.89. The molecule has 0 heterocycles. The Morgan fingerprint density at radius 1 is 1.20 bits per heavy atom. The standard InChI is InChI=1S/H6N4O/c1-3-5-4-2/h3-4H,1-2H2. The van der Waals surface area contributed by atoms with Gasteiger partial charge in [-0.05, 0) is 0 Å². The molecule has 0 fully saturated rings. The zero-order valence-electron chi connectivity index (χ0n) is 2.56. The van der Waals surface area contributed by atoms with Gasteiger partial charge in [-0.25, -0.2) is 11.7 Å². The van der Waals surface area contributed by atoms with Crippen molar-refractivity contribution in [2.24, 2.45) is 11.7 Å². The lowest BCUT2D eigenvalue weighted by molar-refractivity contribution is -0.0390. The molecular formula is H6N4O. The van der Waals surface area contributed by atoms with Crippen LogP contribution in [0.3, 0.4) is 0 Å². The maximum absolute atomic E-state index is 4.52. The zero-order valence-corrected chi connectivity index (χ0v) is 2.56. The van der Waals surface area contributed by atoms with E-state index in [-0.39, 0.29) is 0 Å². The van der Waals surface area contributed by atoms with E-state index in [0.29, 0.717) is 0 Å². The van der Waals surface area contributed by atoms with Crippen molar-refractivity contribution in [3.63, 3.8) is 0 Å². The first kappa shape index (κ1) is 4.80. The summed E-state index contributed by atoms with van der Waals surface area (Å²) in [6.45, 7) is 0. The molecule has 0 radical (unpaired) electrons. The number of hydrogen-bond donors (Lipinski definition) is 4. The van der Waals surface area contributed by atoms with Crippen LogP contribution in [0.15, 0.2) is 0 Å². The highest BCUT2D eigenvalue weighted by atomic mass is 16.8. The van der Waals surface area contributed by atoms with Crippen molar-refractivity contribution in [2.45, 2.75) is 0 Å². The largest absolute Gasteiger partial charge is 0.246 e. The van der Waals surface area contributed by atoms with Gasteiger partial charge in [-0.2, -0.15) is 4.94 Å². The summed E-state index contributed by atoms with van der Waals surface area (Å²) >= 11 is 0. The zero-order chi connectivity index (χ0) is 4.12.